The maximum Gasteiger partial charge on any atom is 0.251 e. The Balaban J connectivity index is 1.69. The van der Waals surface area contributed by atoms with E-state index in [4.69, 9.17) is 11.6 Å². The van der Waals surface area contributed by atoms with E-state index in [1.807, 2.05) is 0 Å². The van der Waals surface area contributed by atoms with Crippen LogP contribution < -0.4 is 16.0 Å². The largest absolute Gasteiger partial charge is 0.355 e. The number of aliphatic imine (C=N–C) groups is 1. The Bertz CT molecular complexity index is 624. The fraction of sp³-hybridized carbons (Fsp3) is 0.600. The molecular formula is C20H32ClN5O. The molecule has 2 rings (SSSR count). The SMILES string of the molecule is CN=C(NCCNC(=O)c1ccc(Cl)cc1)NCC(C)(C)N1CCCCC1. The predicted molar refractivity (Wildman–Crippen MR) is 113 cm³/mol. The maximum absolute atomic E-state index is 12.1. The summed E-state index contributed by atoms with van der Waals surface area (Å²) in [6, 6.07) is 6.86. The van der Waals surface area contributed by atoms with Crippen molar-refractivity contribution in [3.8, 4) is 0 Å². The molecule has 3 N–H and O–H groups in total. The Labute approximate surface area is 167 Å². The van der Waals surface area contributed by atoms with Crippen molar-refractivity contribution in [1.29, 1.82) is 0 Å². The first-order chi connectivity index (χ1) is 12.9. The number of hydrogen-bond donors (Lipinski definition) is 3. The number of carbonyl (C=O) groups is 1. The molecule has 1 amide bonds. The smallest absolute Gasteiger partial charge is 0.251 e. The highest BCUT2D eigenvalue weighted by Crippen LogP contribution is 2.19. The van der Waals surface area contributed by atoms with E-state index in [9.17, 15) is 4.79 Å². The van der Waals surface area contributed by atoms with Gasteiger partial charge in [0.05, 0.1) is 0 Å². The zero-order chi connectivity index (χ0) is 19.7. The number of halogens is 1. The van der Waals surface area contributed by atoms with Gasteiger partial charge in [-0.25, -0.2) is 0 Å². The Kier molecular flexibility index (Phi) is 8.38. The molecular weight excluding hydrogens is 362 g/mol. The molecule has 150 valence electrons. The van der Waals surface area contributed by atoms with Gasteiger partial charge in [-0.1, -0.05) is 18.0 Å². The van der Waals surface area contributed by atoms with Gasteiger partial charge in [-0.3, -0.25) is 14.7 Å². The molecule has 27 heavy (non-hydrogen) atoms. The molecule has 0 aromatic heterocycles. The van der Waals surface area contributed by atoms with Gasteiger partial charge in [0.15, 0.2) is 5.96 Å². The number of guanidine groups is 1. The second-order valence-electron chi connectivity index (χ2n) is 7.48. The minimum absolute atomic E-state index is 0.0842. The molecule has 1 aromatic rings. The summed E-state index contributed by atoms with van der Waals surface area (Å²) in [6.07, 6.45) is 3.90. The molecule has 0 bridgehead atoms. The van der Waals surface area contributed by atoms with E-state index in [2.05, 4.69) is 39.7 Å². The van der Waals surface area contributed by atoms with Crippen LogP contribution in [0.5, 0.6) is 0 Å². The van der Waals surface area contributed by atoms with Crippen molar-refractivity contribution in [2.75, 3.05) is 39.8 Å². The number of amides is 1. The standard InChI is InChI=1S/C20H32ClN5O/c1-20(2,26-13-5-4-6-14-26)15-25-19(22-3)24-12-11-23-18(27)16-7-9-17(21)10-8-16/h7-10H,4-6,11-15H2,1-3H3,(H,23,27)(H2,22,24,25). The summed E-state index contributed by atoms with van der Waals surface area (Å²) in [7, 11) is 1.76. The zero-order valence-corrected chi connectivity index (χ0v) is 17.4. The number of piperidine rings is 1. The molecule has 1 fully saturated rings. The summed E-state index contributed by atoms with van der Waals surface area (Å²) < 4.78 is 0. The third kappa shape index (κ3) is 7.03. The van der Waals surface area contributed by atoms with Crippen LogP contribution in [-0.2, 0) is 0 Å². The highest BCUT2D eigenvalue weighted by Gasteiger charge is 2.27. The third-order valence-electron chi connectivity index (χ3n) is 4.93. The van der Waals surface area contributed by atoms with Crippen molar-refractivity contribution in [3.05, 3.63) is 34.9 Å². The minimum atomic E-state index is -0.109. The number of nitrogens with zero attached hydrogens (tertiary/aromatic N) is 2. The topological polar surface area (TPSA) is 68.8 Å². The van der Waals surface area contributed by atoms with Gasteiger partial charge in [-0.2, -0.15) is 0 Å². The number of likely N-dealkylation sites (tertiary alicyclic amines) is 1. The first kappa shape index (κ1) is 21.5. The predicted octanol–water partition coefficient (Wildman–Crippen LogP) is 2.50. The second kappa shape index (κ2) is 10.5. The van der Waals surface area contributed by atoms with Crippen LogP contribution >= 0.6 is 11.6 Å². The molecule has 1 aliphatic heterocycles. The normalized spacial score (nSPS) is 16.1. The lowest BCUT2D eigenvalue weighted by Crippen LogP contribution is -2.55. The summed E-state index contributed by atoms with van der Waals surface area (Å²) in [4.78, 5) is 18.9. The van der Waals surface area contributed by atoms with Crippen molar-refractivity contribution in [1.82, 2.24) is 20.9 Å². The molecule has 0 saturated carbocycles. The highest BCUT2D eigenvalue weighted by molar-refractivity contribution is 6.30. The Morgan fingerprint density at radius 1 is 1.07 bits per heavy atom. The van der Waals surface area contributed by atoms with Crippen molar-refractivity contribution in [2.45, 2.75) is 38.6 Å². The van der Waals surface area contributed by atoms with Crippen molar-refractivity contribution < 1.29 is 4.79 Å². The maximum atomic E-state index is 12.1. The first-order valence-corrected chi connectivity index (χ1v) is 10.0. The van der Waals surface area contributed by atoms with Crippen molar-refractivity contribution >= 4 is 23.5 Å². The fourth-order valence-electron chi connectivity index (χ4n) is 3.19. The molecule has 6 nitrogen and oxygen atoms in total. The van der Waals surface area contributed by atoms with E-state index in [0.717, 1.165) is 25.6 Å². The quantitative estimate of drug-likeness (QED) is 0.378. The molecule has 7 heteroatoms. The van der Waals surface area contributed by atoms with Gasteiger partial charge in [0.2, 0.25) is 0 Å². The Morgan fingerprint density at radius 3 is 2.33 bits per heavy atom. The second-order valence-corrected chi connectivity index (χ2v) is 7.91. The molecule has 0 aliphatic carbocycles. The number of rotatable bonds is 7. The van der Waals surface area contributed by atoms with E-state index in [0.29, 0.717) is 23.7 Å². The van der Waals surface area contributed by atoms with Crippen LogP contribution in [0.25, 0.3) is 0 Å². The van der Waals surface area contributed by atoms with Crippen LogP contribution in [0.4, 0.5) is 0 Å². The number of nitrogens with one attached hydrogen (secondary N) is 3. The Hall–Kier alpha value is -1.79. The first-order valence-electron chi connectivity index (χ1n) is 9.66. The molecule has 0 atom stereocenters. The summed E-state index contributed by atoms with van der Waals surface area (Å²) in [6.45, 7) is 8.80. The van der Waals surface area contributed by atoms with Gasteiger partial charge < -0.3 is 16.0 Å². The molecule has 1 aromatic carbocycles. The molecule has 0 radical (unpaired) electrons. The van der Waals surface area contributed by atoms with E-state index in [-0.39, 0.29) is 11.4 Å². The minimum Gasteiger partial charge on any atom is -0.355 e. The summed E-state index contributed by atoms with van der Waals surface area (Å²) >= 11 is 5.84. The monoisotopic (exact) mass is 393 g/mol. The lowest BCUT2D eigenvalue weighted by Gasteiger charge is -2.41. The molecule has 1 aliphatic rings. The average molecular weight is 394 g/mol. The van der Waals surface area contributed by atoms with E-state index in [1.165, 1.54) is 19.3 Å². The van der Waals surface area contributed by atoms with Gasteiger partial charge in [0.1, 0.15) is 0 Å². The van der Waals surface area contributed by atoms with Crippen LogP contribution in [0.15, 0.2) is 29.3 Å². The lowest BCUT2D eigenvalue weighted by atomic mass is 9.98. The van der Waals surface area contributed by atoms with Gasteiger partial charge in [0.25, 0.3) is 5.91 Å². The number of carbonyl (C=O) groups excluding carboxylic acids is 1. The summed E-state index contributed by atoms with van der Waals surface area (Å²) in [5.41, 5.74) is 0.686. The average Bonchev–Trinajstić information content (AvgIpc) is 2.68. The summed E-state index contributed by atoms with van der Waals surface area (Å²) in [5.74, 6) is 0.642. The molecule has 1 heterocycles. The van der Waals surface area contributed by atoms with Crippen LogP contribution in [0.3, 0.4) is 0 Å². The highest BCUT2D eigenvalue weighted by atomic mass is 35.5. The van der Waals surface area contributed by atoms with Gasteiger partial charge in [0, 0.05) is 42.8 Å². The van der Waals surface area contributed by atoms with Crippen LogP contribution in [0, 0.1) is 0 Å². The van der Waals surface area contributed by atoms with Crippen LogP contribution in [0.1, 0.15) is 43.5 Å². The van der Waals surface area contributed by atoms with E-state index < -0.39 is 0 Å². The Morgan fingerprint density at radius 2 is 1.70 bits per heavy atom. The third-order valence-corrected chi connectivity index (χ3v) is 5.19. The molecule has 0 unspecified atom stereocenters. The van der Waals surface area contributed by atoms with Gasteiger partial charge in [-0.05, 0) is 64.0 Å². The van der Waals surface area contributed by atoms with Crippen molar-refractivity contribution in [3.63, 3.8) is 0 Å². The molecule has 1 saturated heterocycles. The zero-order valence-electron chi connectivity index (χ0n) is 16.6. The van der Waals surface area contributed by atoms with Gasteiger partial charge >= 0.3 is 0 Å². The van der Waals surface area contributed by atoms with E-state index in [1.54, 1.807) is 31.3 Å². The lowest BCUT2D eigenvalue weighted by molar-refractivity contribution is 0.0954. The fourth-order valence-corrected chi connectivity index (χ4v) is 3.32. The van der Waals surface area contributed by atoms with Crippen molar-refractivity contribution in [2.24, 2.45) is 4.99 Å². The summed E-state index contributed by atoms with van der Waals surface area (Å²) in [5, 5.41) is 10.2. The van der Waals surface area contributed by atoms with Crippen LogP contribution in [0.2, 0.25) is 5.02 Å². The number of hydrogen-bond acceptors (Lipinski definition) is 3. The van der Waals surface area contributed by atoms with E-state index >= 15 is 0 Å². The number of benzene rings is 1. The van der Waals surface area contributed by atoms with Gasteiger partial charge in [-0.15, -0.1) is 0 Å². The van der Waals surface area contributed by atoms with Crippen LogP contribution in [-0.4, -0.2) is 62.1 Å². The molecule has 0 spiro atoms.